The van der Waals surface area contributed by atoms with E-state index in [1.165, 1.54) is 11.3 Å². The first-order valence-electron chi connectivity index (χ1n) is 7.29. The largest absolute Gasteiger partial charge is 0.480 e. The first-order chi connectivity index (χ1) is 9.42. The van der Waals surface area contributed by atoms with Gasteiger partial charge < -0.3 is 15.3 Å². The van der Waals surface area contributed by atoms with E-state index in [0.29, 0.717) is 12.3 Å². The molecule has 2 amide bonds. The van der Waals surface area contributed by atoms with Crippen molar-refractivity contribution in [2.75, 3.05) is 18.1 Å². The molecule has 2 fully saturated rings. The van der Waals surface area contributed by atoms with Crippen LogP contribution in [-0.2, 0) is 4.79 Å². The van der Waals surface area contributed by atoms with Crippen molar-refractivity contribution in [3.8, 4) is 0 Å². The highest BCUT2D eigenvalue weighted by Crippen LogP contribution is 2.35. The second-order valence-electron chi connectivity index (χ2n) is 6.36. The molecule has 2 rings (SSSR count). The molecule has 0 bridgehead atoms. The number of hydrogen-bond acceptors (Lipinski definition) is 3. The number of aliphatic carboxylic acids is 1. The molecule has 1 heterocycles. The Balaban J connectivity index is 2.01. The van der Waals surface area contributed by atoms with Gasteiger partial charge in [0.1, 0.15) is 6.04 Å². The molecular formula is C14H24N2O3S. The number of hydrogen-bond donors (Lipinski definition) is 2. The lowest BCUT2D eigenvalue weighted by Crippen LogP contribution is -2.57. The van der Waals surface area contributed by atoms with E-state index >= 15 is 0 Å². The normalized spacial score (nSPS) is 29.8. The van der Waals surface area contributed by atoms with Crippen molar-refractivity contribution in [1.29, 1.82) is 0 Å². The van der Waals surface area contributed by atoms with E-state index in [-0.39, 0.29) is 17.5 Å². The van der Waals surface area contributed by atoms with Crippen molar-refractivity contribution >= 4 is 23.8 Å². The van der Waals surface area contributed by atoms with Crippen molar-refractivity contribution in [2.45, 2.75) is 51.6 Å². The number of nitrogens with zero attached hydrogens (tertiary/aromatic N) is 1. The molecule has 0 radical (unpaired) electrons. The highest BCUT2D eigenvalue weighted by molar-refractivity contribution is 7.99. The second kappa shape index (κ2) is 6.24. The third kappa shape index (κ3) is 3.40. The molecule has 1 saturated carbocycles. The predicted octanol–water partition coefficient (Wildman–Crippen LogP) is 2.17. The summed E-state index contributed by atoms with van der Waals surface area (Å²) in [5, 5.41) is 12.3. The van der Waals surface area contributed by atoms with E-state index in [1.54, 1.807) is 11.8 Å². The maximum Gasteiger partial charge on any atom is 0.327 e. The molecule has 0 aromatic heterocycles. The Hall–Kier alpha value is -0.910. The Kier molecular flexibility index (Phi) is 4.83. The highest BCUT2D eigenvalue weighted by Gasteiger charge is 2.37. The molecule has 20 heavy (non-hydrogen) atoms. The number of carboxylic acids is 1. The molecule has 5 nitrogen and oxygen atoms in total. The summed E-state index contributed by atoms with van der Waals surface area (Å²) in [4.78, 5) is 25.2. The minimum Gasteiger partial charge on any atom is -0.480 e. The third-order valence-corrected chi connectivity index (χ3v) is 5.50. The number of thioether (sulfide) groups is 1. The average Bonchev–Trinajstić information content (AvgIpc) is 2.41. The van der Waals surface area contributed by atoms with Gasteiger partial charge in [0.05, 0.1) is 0 Å². The van der Waals surface area contributed by atoms with Crippen molar-refractivity contribution in [3.63, 3.8) is 0 Å². The monoisotopic (exact) mass is 300 g/mol. The summed E-state index contributed by atoms with van der Waals surface area (Å²) in [7, 11) is 0. The number of amides is 2. The van der Waals surface area contributed by atoms with Gasteiger partial charge in [0.15, 0.2) is 0 Å². The third-order valence-electron chi connectivity index (χ3n) is 4.48. The molecule has 0 aromatic rings. The summed E-state index contributed by atoms with van der Waals surface area (Å²) >= 11 is 1.60. The summed E-state index contributed by atoms with van der Waals surface area (Å²) in [5.41, 5.74) is 0.0944. The summed E-state index contributed by atoms with van der Waals surface area (Å²) in [6, 6.07) is -0.758. The van der Waals surface area contributed by atoms with Crippen molar-refractivity contribution in [3.05, 3.63) is 0 Å². The lowest BCUT2D eigenvalue weighted by Gasteiger charge is -2.41. The van der Waals surface area contributed by atoms with Gasteiger partial charge in [-0.1, -0.05) is 26.7 Å². The molecule has 1 saturated heterocycles. The van der Waals surface area contributed by atoms with Gasteiger partial charge in [-0.05, 0) is 18.3 Å². The molecule has 114 valence electrons. The van der Waals surface area contributed by atoms with Gasteiger partial charge in [0.25, 0.3) is 0 Å². The summed E-state index contributed by atoms with van der Waals surface area (Å²) < 4.78 is 0. The van der Waals surface area contributed by atoms with E-state index < -0.39 is 12.0 Å². The SMILES string of the molecule is CC1(C)CCCCC1NC(=O)N1CCSCC1C(=O)O. The van der Waals surface area contributed by atoms with Crippen LogP contribution in [-0.4, -0.2) is 52.1 Å². The van der Waals surface area contributed by atoms with Crippen molar-refractivity contribution in [2.24, 2.45) is 5.41 Å². The van der Waals surface area contributed by atoms with Crippen LogP contribution in [0.15, 0.2) is 0 Å². The first-order valence-corrected chi connectivity index (χ1v) is 8.45. The van der Waals surface area contributed by atoms with E-state index in [0.717, 1.165) is 25.0 Å². The van der Waals surface area contributed by atoms with E-state index in [9.17, 15) is 14.7 Å². The molecule has 2 atom stereocenters. The molecular weight excluding hydrogens is 276 g/mol. The zero-order valence-electron chi connectivity index (χ0n) is 12.2. The van der Waals surface area contributed by atoms with Crippen LogP contribution in [0.3, 0.4) is 0 Å². The summed E-state index contributed by atoms with van der Waals surface area (Å²) in [5.74, 6) is 0.387. The van der Waals surface area contributed by atoms with Crippen molar-refractivity contribution < 1.29 is 14.7 Å². The number of carbonyl (C=O) groups excluding carboxylic acids is 1. The number of nitrogens with one attached hydrogen (secondary N) is 1. The Morgan fingerprint density at radius 3 is 2.75 bits per heavy atom. The molecule has 2 N–H and O–H groups in total. The number of rotatable bonds is 2. The lowest BCUT2D eigenvalue weighted by atomic mass is 9.73. The smallest absolute Gasteiger partial charge is 0.327 e. The van der Waals surface area contributed by atoms with Gasteiger partial charge in [-0.2, -0.15) is 11.8 Å². The van der Waals surface area contributed by atoms with Gasteiger partial charge in [-0.25, -0.2) is 9.59 Å². The van der Waals surface area contributed by atoms with Gasteiger partial charge >= 0.3 is 12.0 Å². The number of carbonyl (C=O) groups is 2. The number of urea groups is 1. The fraction of sp³-hybridized carbons (Fsp3) is 0.857. The van der Waals surface area contributed by atoms with E-state index in [2.05, 4.69) is 19.2 Å². The van der Waals surface area contributed by atoms with Gasteiger partial charge in [0, 0.05) is 24.1 Å². The quantitative estimate of drug-likeness (QED) is 0.820. The Morgan fingerprint density at radius 2 is 2.10 bits per heavy atom. The minimum absolute atomic E-state index is 0.0944. The summed E-state index contributed by atoms with van der Waals surface area (Å²) in [6.45, 7) is 4.87. The Morgan fingerprint density at radius 1 is 1.35 bits per heavy atom. The molecule has 2 unspecified atom stereocenters. The van der Waals surface area contributed by atoms with Crippen LogP contribution in [0.25, 0.3) is 0 Å². The molecule has 1 aliphatic heterocycles. The van der Waals surface area contributed by atoms with Gasteiger partial charge in [0.2, 0.25) is 0 Å². The fourth-order valence-corrected chi connectivity index (χ4v) is 4.08. The average molecular weight is 300 g/mol. The van der Waals surface area contributed by atoms with Gasteiger partial charge in [-0.15, -0.1) is 0 Å². The Bertz CT molecular complexity index is 387. The van der Waals surface area contributed by atoms with Crippen LogP contribution in [0.5, 0.6) is 0 Å². The van der Waals surface area contributed by atoms with Crippen LogP contribution < -0.4 is 5.32 Å². The predicted molar refractivity (Wildman–Crippen MR) is 80.0 cm³/mol. The van der Waals surface area contributed by atoms with Crippen LogP contribution in [0.2, 0.25) is 0 Å². The zero-order chi connectivity index (χ0) is 14.8. The van der Waals surface area contributed by atoms with Crippen LogP contribution in [0.1, 0.15) is 39.5 Å². The van der Waals surface area contributed by atoms with E-state index in [1.807, 2.05) is 0 Å². The van der Waals surface area contributed by atoms with Crippen LogP contribution in [0.4, 0.5) is 4.79 Å². The first kappa shape index (κ1) is 15.5. The van der Waals surface area contributed by atoms with Crippen LogP contribution in [0, 0.1) is 5.41 Å². The minimum atomic E-state index is -0.907. The van der Waals surface area contributed by atoms with Crippen LogP contribution >= 0.6 is 11.8 Å². The summed E-state index contributed by atoms with van der Waals surface area (Å²) in [6.07, 6.45) is 4.43. The standard InChI is InChI=1S/C14H24N2O3S/c1-14(2)6-4-3-5-11(14)15-13(19)16-7-8-20-9-10(16)12(17)18/h10-11H,3-9H2,1-2H3,(H,15,19)(H,17,18). The zero-order valence-corrected chi connectivity index (χ0v) is 13.0. The highest BCUT2D eigenvalue weighted by atomic mass is 32.2. The van der Waals surface area contributed by atoms with Gasteiger partial charge in [-0.3, -0.25) is 0 Å². The topological polar surface area (TPSA) is 69.6 Å². The van der Waals surface area contributed by atoms with E-state index in [4.69, 9.17) is 0 Å². The molecule has 0 aromatic carbocycles. The maximum atomic E-state index is 12.4. The molecule has 1 aliphatic carbocycles. The molecule has 0 spiro atoms. The molecule has 2 aliphatic rings. The second-order valence-corrected chi connectivity index (χ2v) is 7.51. The molecule has 6 heteroatoms. The lowest BCUT2D eigenvalue weighted by molar-refractivity contribution is -0.141. The Labute approximate surface area is 124 Å². The number of carboxylic acid groups (broad SMARTS) is 1. The van der Waals surface area contributed by atoms with Crippen molar-refractivity contribution in [1.82, 2.24) is 10.2 Å². The maximum absolute atomic E-state index is 12.4. The fourth-order valence-electron chi connectivity index (χ4n) is 3.04.